The SMILES string of the molecule is Nc1cccc(-c2ccnc3c2CN(C2CC2)C(=O)N3)c1. The lowest BCUT2D eigenvalue weighted by molar-refractivity contribution is 0.203. The Bertz CT molecular complexity index is 724. The molecule has 3 N–H and O–H groups in total. The number of amides is 2. The van der Waals surface area contributed by atoms with Crippen LogP contribution in [0, 0.1) is 0 Å². The Morgan fingerprint density at radius 1 is 1.29 bits per heavy atom. The average Bonchev–Trinajstić information content (AvgIpc) is 3.30. The van der Waals surface area contributed by atoms with Crippen LogP contribution in [0.5, 0.6) is 0 Å². The quantitative estimate of drug-likeness (QED) is 0.831. The van der Waals surface area contributed by atoms with Crippen LogP contribution in [-0.4, -0.2) is 22.0 Å². The lowest BCUT2D eigenvalue weighted by atomic mass is 9.99. The first-order chi connectivity index (χ1) is 10.2. The lowest BCUT2D eigenvalue weighted by Gasteiger charge is -2.30. The van der Waals surface area contributed by atoms with E-state index in [-0.39, 0.29) is 6.03 Å². The smallest absolute Gasteiger partial charge is 0.323 e. The summed E-state index contributed by atoms with van der Waals surface area (Å²) in [7, 11) is 0. The van der Waals surface area contributed by atoms with Crippen LogP contribution >= 0.6 is 0 Å². The molecule has 5 heteroatoms. The van der Waals surface area contributed by atoms with Gasteiger partial charge in [-0.15, -0.1) is 0 Å². The maximum absolute atomic E-state index is 12.1. The Balaban J connectivity index is 1.80. The van der Waals surface area contributed by atoms with Crippen LogP contribution in [0.15, 0.2) is 36.5 Å². The molecular formula is C16H16N4O. The van der Waals surface area contributed by atoms with Crippen LogP contribution in [0.25, 0.3) is 11.1 Å². The van der Waals surface area contributed by atoms with E-state index >= 15 is 0 Å². The minimum Gasteiger partial charge on any atom is -0.399 e. The van der Waals surface area contributed by atoms with Gasteiger partial charge in [0, 0.05) is 23.5 Å². The van der Waals surface area contributed by atoms with Crippen LogP contribution < -0.4 is 11.1 Å². The highest BCUT2D eigenvalue weighted by Crippen LogP contribution is 2.36. The summed E-state index contributed by atoms with van der Waals surface area (Å²) in [6.45, 7) is 0.615. The van der Waals surface area contributed by atoms with Gasteiger partial charge in [-0.2, -0.15) is 0 Å². The molecule has 2 aliphatic rings. The van der Waals surface area contributed by atoms with E-state index in [1.54, 1.807) is 6.20 Å². The molecule has 5 nitrogen and oxygen atoms in total. The first-order valence-electron chi connectivity index (χ1n) is 7.14. The van der Waals surface area contributed by atoms with Crippen LogP contribution in [0.3, 0.4) is 0 Å². The molecule has 1 aliphatic carbocycles. The summed E-state index contributed by atoms with van der Waals surface area (Å²) in [4.78, 5) is 18.3. The second-order valence-corrected chi connectivity index (χ2v) is 5.60. The minimum absolute atomic E-state index is 0.0396. The van der Waals surface area contributed by atoms with Gasteiger partial charge in [0.15, 0.2) is 0 Å². The largest absolute Gasteiger partial charge is 0.399 e. The van der Waals surface area contributed by atoms with Crippen molar-refractivity contribution in [1.29, 1.82) is 0 Å². The molecule has 0 radical (unpaired) electrons. The summed E-state index contributed by atoms with van der Waals surface area (Å²) in [6, 6.07) is 10.1. The fourth-order valence-corrected chi connectivity index (χ4v) is 2.83. The highest BCUT2D eigenvalue weighted by molar-refractivity contribution is 5.93. The number of urea groups is 1. The Morgan fingerprint density at radius 3 is 2.90 bits per heavy atom. The minimum atomic E-state index is -0.0396. The van der Waals surface area contributed by atoms with Gasteiger partial charge >= 0.3 is 6.03 Å². The molecule has 1 saturated carbocycles. The van der Waals surface area contributed by atoms with Gasteiger partial charge < -0.3 is 10.6 Å². The highest BCUT2D eigenvalue weighted by atomic mass is 16.2. The summed E-state index contributed by atoms with van der Waals surface area (Å²) in [5, 5.41) is 2.90. The molecule has 1 aliphatic heterocycles. The molecular weight excluding hydrogens is 264 g/mol. The summed E-state index contributed by atoms with van der Waals surface area (Å²) in [5.74, 6) is 0.664. The van der Waals surface area contributed by atoms with Gasteiger partial charge in [0.2, 0.25) is 0 Å². The van der Waals surface area contributed by atoms with Crippen molar-refractivity contribution >= 4 is 17.5 Å². The van der Waals surface area contributed by atoms with E-state index in [4.69, 9.17) is 5.73 Å². The van der Waals surface area contributed by atoms with E-state index in [1.165, 1.54) is 0 Å². The van der Waals surface area contributed by atoms with Gasteiger partial charge in [0.1, 0.15) is 5.82 Å². The van der Waals surface area contributed by atoms with Gasteiger partial charge in [0.25, 0.3) is 0 Å². The van der Waals surface area contributed by atoms with E-state index in [0.717, 1.165) is 35.2 Å². The van der Waals surface area contributed by atoms with Crippen molar-refractivity contribution in [2.45, 2.75) is 25.4 Å². The van der Waals surface area contributed by atoms with Gasteiger partial charge in [-0.25, -0.2) is 9.78 Å². The third-order valence-electron chi connectivity index (χ3n) is 4.06. The first kappa shape index (κ1) is 12.2. The topological polar surface area (TPSA) is 71.2 Å². The lowest BCUT2D eigenvalue weighted by Crippen LogP contribution is -2.40. The van der Waals surface area contributed by atoms with Crippen molar-refractivity contribution in [2.24, 2.45) is 0 Å². The van der Waals surface area contributed by atoms with E-state index in [1.807, 2.05) is 35.2 Å². The molecule has 0 bridgehead atoms. The monoisotopic (exact) mass is 280 g/mol. The molecule has 1 fully saturated rings. The molecule has 4 rings (SSSR count). The zero-order valence-corrected chi connectivity index (χ0v) is 11.5. The molecule has 1 aromatic heterocycles. The Kier molecular flexibility index (Phi) is 2.60. The number of carbonyl (C=O) groups excluding carboxylic acids is 1. The predicted octanol–water partition coefficient (Wildman–Crippen LogP) is 2.84. The fourth-order valence-electron chi connectivity index (χ4n) is 2.83. The number of hydrogen-bond donors (Lipinski definition) is 2. The number of anilines is 2. The van der Waals surface area contributed by atoms with Crippen LogP contribution in [0.4, 0.5) is 16.3 Å². The Labute approximate surface area is 122 Å². The predicted molar refractivity (Wildman–Crippen MR) is 81.7 cm³/mol. The second-order valence-electron chi connectivity index (χ2n) is 5.60. The summed E-state index contributed by atoms with van der Waals surface area (Å²) in [5.41, 5.74) is 9.82. The van der Waals surface area contributed by atoms with E-state index in [0.29, 0.717) is 18.4 Å². The van der Waals surface area contributed by atoms with Crippen molar-refractivity contribution in [3.63, 3.8) is 0 Å². The first-order valence-corrected chi connectivity index (χ1v) is 7.14. The van der Waals surface area contributed by atoms with Crippen molar-refractivity contribution in [3.05, 3.63) is 42.1 Å². The molecule has 0 unspecified atom stereocenters. The van der Waals surface area contributed by atoms with Crippen molar-refractivity contribution in [3.8, 4) is 11.1 Å². The average molecular weight is 280 g/mol. The van der Waals surface area contributed by atoms with E-state index < -0.39 is 0 Å². The number of rotatable bonds is 2. The number of benzene rings is 1. The molecule has 2 aromatic rings. The molecule has 21 heavy (non-hydrogen) atoms. The van der Waals surface area contributed by atoms with Crippen molar-refractivity contribution < 1.29 is 4.79 Å². The van der Waals surface area contributed by atoms with E-state index in [9.17, 15) is 4.79 Å². The standard InChI is InChI=1S/C16H16N4O/c17-11-3-1-2-10(8-11)13-6-7-18-15-14(13)9-20(12-4-5-12)16(21)19-15/h1-3,6-8,12H,4-5,9,17H2,(H,18,19,21). The Morgan fingerprint density at radius 2 is 2.14 bits per heavy atom. The Hall–Kier alpha value is -2.56. The summed E-state index contributed by atoms with van der Waals surface area (Å²) >= 11 is 0. The molecule has 2 amide bonds. The zero-order valence-electron chi connectivity index (χ0n) is 11.5. The van der Waals surface area contributed by atoms with E-state index in [2.05, 4.69) is 10.3 Å². The third kappa shape index (κ3) is 2.11. The summed E-state index contributed by atoms with van der Waals surface area (Å²) < 4.78 is 0. The number of hydrogen-bond acceptors (Lipinski definition) is 3. The van der Waals surface area contributed by atoms with Gasteiger partial charge in [-0.05, 0) is 42.2 Å². The van der Waals surface area contributed by atoms with Gasteiger partial charge in [-0.3, -0.25) is 5.32 Å². The molecule has 1 aromatic carbocycles. The number of aromatic nitrogens is 1. The number of pyridine rings is 1. The molecule has 106 valence electrons. The van der Waals surface area contributed by atoms with Crippen molar-refractivity contribution in [1.82, 2.24) is 9.88 Å². The van der Waals surface area contributed by atoms with Crippen LogP contribution in [-0.2, 0) is 6.54 Å². The maximum Gasteiger partial charge on any atom is 0.323 e. The summed E-state index contributed by atoms with van der Waals surface area (Å²) in [6.07, 6.45) is 3.91. The number of nitrogen functional groups attached to an aromatic ring is 1. The number of nitrogens with one attached hydrogen (secondary N) is 1. The number of fused-ring (bicyclic) bond motifs is 1. The van der Waals surface area contributed by atoms with Crippen molar-refractivity contribution in [2.75, 3.05) is 11.1 Å². The zero-order chi connectivity index (χ0) is 14.4. The number of nitrogens with zero attached hydrogens (tertiary/aromatic N) is 2. The third-order valence-corrected chi connectivity index (χ3v) is 4.06. The van der Waals surface area contributed by atoms with Gasteiger partial charge in [0.05, 0.1) is 6.54 Å². The highest BCUT2D eigenvalue weighted by Gasteiger charge is 2.36. The molecule has 0 saturated heterocycles. The molecule has 0 spiro atoms. The molecule has 0 atom stereocenters. The van der Waals surface area contributed by atoms with Gasteiger partial charge in [-0.1, -0.05) is 12.1 Å². The normalized spacial score (nSPS) is 17.3. The number of nitrogens with two attached hydrogens (primary N) is 1. The van der Waals surface area contributed by atoms with Crippen LogP contribution in [0.1, 0.15) is 18.4 Å². The fraction of sp³-hybridized carbons (Fsp3) is 0.250. The second kappa shape index (κ2) is 4.48. The van der Waals surface area contributed by atoms with Crippen LogP contribution in [0.2, 0.25) is 0 Å². The maximum atomic E-state index is 12.1. The molecule has 2 heterocycles. The number of carbonyl (C=O) groups is 1.